The van der Waals surface area contributed by atoms with Gasteiger partial charge in [-0.2, -0.15) is 4.68 Å². The van der Waals surface area contributed by atoms with E-state index in [2.05, 4.69) is 31.5 Å². The van der Waals surface area contributed by atoms with Gasteiger partial charge in [0, 0.05) is 15.7 Å². The minimum atomic E-state index is -0.493. The van der Waals surface area contributed by atoms with Gasteiger partial charge in [-0.1, -0.05) is 15.9 Å². The molecule has 106 valence electrons. The first-order chi connectivity index (χ1) is 10.1. The van der Waals surface area contributed by atoms with Gasteiger partial charge < -0.3 is 5.73 Å². The van der Waals surface area contributed by atoms with Crippen LogP contribution in [0.2, 0.25) is 0 Å². The Balaban J connectivity index is 2.19. The Hall–Kier alpha value is -2.35. The number of nitrogen functional groups attached to an aromatic ring is 1. The third-order valence-corrected chi connectivity index (χ3v) is 3.35. The first-order valence-corrected chi connectivity index (χ1v) is 6.65. The lowest BCUT2D eigenvalue weighted by Crippen LogP contribution is -2.04. The number of tetrazole rings is 1. The molecule has 8 heteroatoms. The number of hydrogen-bond acceptors (Lipinski definition) is 4. The monoisotopic (exact) mass is 351 g/mol. The second-order valence-corrected chi connectivity index (χ2v) is 5.16. The van der Waals surface area contributed by atoms with E-state index in [1.165, 1.54) is 28.9 Å². The molecule has 0 saturated heterocycles. The van der Waals surface area contributed by atoms with Crippen LogP contribution < -0.4 is 5.73 Å². The maximum atomic E-state index is 14.0. The zero-order valence-corrected chi connectivity index (χ0v) is 12.1. The van der Waals surface area contributed by atoms with Gasteiger partial charge in [0.05, 0.1) is 0 Å². The number of benzene rings is 2. The highest BCUT2D eigenvalue weighted by molar-refractivity contribution is 9.10. The lowest BCUT2D eigenvalue weighted by atomic mass is 10.1. The third-order valence-electron chi connectivity index (χ3n) is 2.86. The average molecular weight is 352 g/mol. The molecule has 0 saturated carbocycles. The standard InChI is InChI=1S/C13H8BrF2N5/c14-7-1-4-10(16)12(5-7)21-13(18-19-20-21)9-3-2-8(15)6-11(9)17/h1-6H,17H2. The van der Waals surface area contributed by atoms with E-state index in [0.29, 0.717) is 10.0 Å². The summed E-state index contributed by atoms with van der Waals surface area (Å²) >= 11 is 3.26. The molecule has 3 aromatic rings. The highest BCUT2D eigenvalue weighted by atomic mass is 79.9. The largest absolute Gasteiger partial charge is 0.398 e. The van der Waals surface area contributed by atoms with Crippen molar-refractivity contribution >= 4 is 21.6 Å². The van der Waals surface area contributed by atoms with E-state index in [4.69, 9.17) is 5.73 Å². The first kappa shape index (κ1) is 13.6. The summed E-state index contributed by atoms with van der Waals surface area (Å²) < 4.78 is 29.0. The number of rotatable bonds is 2. The second kappa shape index (κ2) is 5.21. The topological polar surface area (TPSA) is 69.6 Å². The van der Waals surface area contributed by atoms with Crippen molar-refractivity contribution in [2.75, 3.05) is 5.73 Å². The van der Waals surface area contributed by atoms with Gasteiger partial charge in [-0.25, -0.2) is 8.78 Å². The van der Waals surface area contributed by atoms with Gasteiger partial charge in [0.25, 0.3) is 0 Å². The molecule has 0 atom stereocenters. The van der Waals surface area contributed by atoms with Crippen LogP contribution in [0.4, 0.5) is 14.5 Å². The molecule has 0 unspecified atom stereocenters. The molecule has 3 rings (SSSR count). The van der Waals surface area contributed by atoms with Gasteiger partial charge in [-0.15, -0.1) is 5.10 Å². The van der Waals surface area contributed by atoms with Crippen LogP contribution in [-0.2, 0) is 0 Å². The predicted octanol–water partition coefficient (Wildman–Crippen LogP) is 2.95. The van der Waals surface area contributed by atoms with Crippen LogP contribution in [-0.4, -0.2) is 20.2 Å². The van der Waals surface area contributed by atoms with E-state index < -0.39 is 11.6 Å². The van der Waals surface area contributed by atoms with Crippen molar-refractivity contribution in [3.8, 4) is 17.1 Å². The minimum absolute atomic E-state index is 0.160. The molecule has 1 aromatic heterocycles. The van der Waals surface area contributed by atoms with Crippen molar-refractivity contribution in [2.24, 2.45) is 0 Å². The van der Waals surface area contributed by atoms with Crippen LogP contribution in [0.1, 0.15) is 0 Å². The molecule has 0 fully saturated rings. The molecule has 0 amide bonds. The Morgan fingerprint density at radius 2 is 1.90 bits per heavy atom. The zero-order valence-electron chi connectivity index (χ0n) is 10.5. The number of aromatic nitrogens is 4. The Morgan fingerprint density at radius 3 is 2.67 bits per heavy atom. The fourth-order valence-electron chi connectivity index (χ4n) is 1.90. The molecule has 21 heavy (non-hydrogen) atoms. The van der Waals surface area contributed by atoms with Gasteiger partial charge >= 0.3 is 0 Å². The highest BCUT2D eigenvalue weighted by Crippen LogP contribution is 2.27. The number of halogens is 3. The molecule has 0 bridgehead atoms. The van der Waals surface area contributed by atoms with Crippen molar-refractivity contribution in [3.63, 3.8) is 0 Å². The lowest BCUT2D eigenvalue weighted by molar-refractivity contribution is 0.607. The molecule has 0 radical (unpaired) electrons. The maximum Gasteiger partial charge on any atom is 0.189 e. The Kier molecular flexibility index (Phi) is 3.38. The van der Waals surface area contributed by atoms with Gasteiger partial charge in [-0.3, -0.25) is 0 Å². The van der Waals surface area contributed by atoms with Gasteiger partial charge in [0.1, 0.15) is 17.3 Å². The van der Waals surface area contributed by atoms with E-state index in [1.54, 1.807) is 6.07 Å². The number of nitrogens with zero attached hydrogens (tertiary/aromatic N) is 4. The fourth-order valence-corrected chi connectivity index (χ4v) is 2.25. The van der Waals surface area contributed by atoms with Crippen LogP contribution in [0, 0.1) is 11.6 Å². The summed E-state index contributed by atoms with van der Waals surface area (Å²) in [4.78, 5) is 0. The molecule has 0 aliphatic carbocycles. The summed E-state index contributed by atoms with van der Waals surface area (Å²) in [5, 5.41) is 11.2. The highest BCUT2D eigenvalue weighted by Gasteiger charge is 2.16. The summed E-state index contributed by atoms with van der Waals surface area (Å²) in [6.07, 6.45) is 0. The summed E-state index contributed by atoms with van der Waals surface area (Å²) in [6, 6.07) is 8.24. The van der Waals surface area contributed by atoms with E-state index in [1.807, 2.05) is 0 Å². The van der Waals surface area contributed by atoms with E-state index in [0.717, 1.165) is 6.07 Å². The Labute approximate surface area is 126 Å². The zero-order chi connectivity index (χ0) is 15.0. The fraction of sp³-hybridized carbons (Fsp3) is 0. The van der Waals surface area contributed by atoms with Crippen LogP contribution in [0.5, 0.6) is 0 Å². The maximum absolute atomic E-state index is 14.0. The van der Waals surface area contributed by atoms with Crippen molar-refractivity contribution in [3.05, 3.63) is 52.5 Å². The molecular formula is C13H8BrF2N5. The number of nitrogens with two attached hydrogens (primary N) is 1. The van der Waals surface area contributed by atoms with Crippen LogP contribution in [0.3, 0.4) is 0 Å². The second-order valence-electron chi connectivity index (χ2n) is 4.24. The predicted molar refractivity (Wildman–Crippen MR) is 76.6 cm³/mol. The van der Waals surface area contributed by atoms with Crippen LogP contribution >= 0.6 is 15.9 Å². The number of anilines is 1. The third kappa shape index (κ3) is 2.49. The van der Waals surface area contributed by atoms with Gasteiger partial charge in [0.2, 0.25) is 0 Å². The molecular weight excluding hydrogens is 344 g/mol. The Morgan fingerprint density at radius 1 is 1.10 bits per heavy atom. The summed E-state index contributed by atoms with van der Waals surface area (Å²) in [5.41, 5.74) is 6.52. The van der Waals surface area contributed by atoms with E-state index in [-0.39, 0.29) is 17.2 Å². The summed E-state index contributed by atoms with van der Waals surface area (Å²) in [5.74, 6) is -0.735. The summed E-state index contributed by atoms with van der Waals surface area (Å²) in [7, 11) is 0. The van der Waals surface area contributed by atoms with Crippen molar-refractivity contribution in [2.45, 2.75) is 0 Å². The first-order valence-electron chi connectivity index (χ1n) is 5.85. The van der Waals surface area contributed by atoms with Gasteiger partial charge in [0.15, 0.2) is 5.82 Å². The SMILES string of the molecule is Nc1cc(F)ccc1-c1nnnn1-c1cc(Br)ccc1F. The normalized spacial score (nSPS) is 10.8. The number of hydrogen-bond donors (Lipinski definition) is 1. The van der Waals surface area contributed by atoms with Crippen LogP contribution in [0.25, 0.3) is 17.1 Å². The summed E-state index contributed by atoms with van der Waals surface area (Å²) in [6.45, 7) is 0. The minimum Gasteiger partial charge on any atom is -0.398 e. The molecule has 2 N–H and O–H groups in total. The van der Waals surface area contributed by atoms with Crippen molar-refractivity contribution in [1.82, 2.24) is 20.2 Å². The Bertz CT molecular complexity index is 818. The van der Waals surface area contributed by atoms with E-state index in [9.17, 15) is 8.78 Å². The average Bonchev–Trinajstić information content (AvgIpc) is 2.90. The molecule has 0 aliphatic rings. The molecule has 0 spiro atoms. The lowest BCUT2D eigenvalue weighted by Gasteiger charge is -2.08. The van der Waals surface area contributed by atoms with Gasteiger partial charge in [-0.05, 0) is 46.8 Å². The quantitative estimate of drug-likeness (QED) is 0.720. The molecule has 5 nitrogen and oxygen atoms in total. The molecule has 2 aromatic carbocycles. The smallest absolute Gasteiger partial charge is 0.189 e. The molecule has 1 heterocycles. The molecule has 0 aliphatic heterocycles. The van der Waals surface area contributed by atoms with Crippen molar-refractivity contribution in [1.29, 1.82) is 0 Å². The van der Waals surface area contributed by atoms with Crippen LogP contribution in [0.15, 0.2) is 40.9 Å². The van der Waals surface area contributed by atoms with Crippen molar-refractivity contribution < 1.29 is 8.78 Å². The van der Waals surface area contributed by atoms with E-state index >= 15 is 0 Å².